The first-order chi connectivity index (χ1) is 14.0. The summed E-state index contributed by atoms with van der Waals surface area (Å²) in [6.07, 6.45) is 6.02. The number of H-pyrrole nitrogens is 1. The number of aromatic hydroxyl groups is 1. The summed E-state index contributed by atoms with van der Waals surface area (Å²) in [6.45, 7) is 4.00. The summed E-state index contributed by atoms with van der Waals surface area (Å²) < 4.78 is 12.1. The first-order valence-corrected chi connectivity index (χ1v) is 10.8. The standard InChI is InChI=1S/C22H26N2O4S/c1-13-6-3-4-9-17(13)20(19-14(2)27-12-23-19)28-16-8-5-7-15(10-16)11-18-21(25)24-22(26)29-18/h3-4,6,9,12,15-16,20,25H,5,7-8,10-11H2,1-2H3,(H,24,26)/t15-,16+,20?/m1/s1. The largest absolute Gasteiger partial charge is 0.494 e. The quantitative estimate of drug-likeness (QED) is 0.613. The number of benzene rings is 1. The molecule has 1 aromatic carbocycles. The number of rotatable bonds is 6. The smallest absolute Gasteiger partial charge is 0.307 e. The van der Waals surface area contributed by atoms with Crippen LogP contribution in [0.1, 0.15) is 59.2 Å². The Balaban J connectivity index is 1.53. The van der Waals surface area contributed by atoms with Gasteiger partial charge in [-0.2, -0.15) is 0 Å². The van der Waals surface area contributed by atoms with E-state index in [4.69, 9.17) is 9.15 Å². The Morgan fingerprint density at radius 1 is 1.34 bits per heavy atom. The number of ether oxygens (including phenoxy) is 1. The lowest BCUT2D eigenvalue weighted by atomic mass is 9.84. The minimum Gasteiger partial charge on any atom is -0.494 e. The zero-order valence-corrected chi connectivity index (χ0v) is 17.5. The van der Waals surface area contributed by atoms with E-state index in [1.165, 1.54) is 6.39 Å². The van der Waals surface area contributed by atoms with Gasteiger partial charge in [-0.25, -0.2) is 4.98 Å². The maximum absolute atomic E-state index is 11.5. The van der Waals surface area contributed by atoms with Crippen LogP contribution in [0.4, 0.5) is 0 Å². The van der Waals surface area contributed by atoms with Crippen molar-refractivity contribution in [1.29, 1.82) is 0 Å². The summed E-state index contributed by atoms with van der Waals surface area (Å²) in [5.41, 5.74) is 3.09. The van der Waals surface area contributed by atoms with E-state index in [2.05, 4.69) is 29.0 Å². The Labute approximate surface area is 173 Å². The van der Waals surface area contributed by atoms with E-state index >= 15 is 0 Å². The van der Waals surface area contributed by atoms with Gasteiger partial charge < -0.3 is 14.3 Å². The van der Waals surface area contributed by atoms with Gasteiger partial charge in [0.05, 0.1) is 11.0 Å². The number of hydrogen-bond donors (Lipinski definition) is 2. The highest BCUT2D eigenvalue weighted by Gasteiger charge is 2.30. The molecule has 1 unspecified atom stereocenters. The Bertz CT molecular complexity index is 1020. The highest BCUT2D eigenvalue weighted by molar-refractivity contribution is 7.09. The van der Waals surface area contributed by atoms with Gasteiger partial charge >= 0.3 is 4.87 Å². The molecule has 1 saturated carbocycles. The molecule has 0 aliphatic heterocycles. The molecular weight excluding hydrogens is 388 g/mol. The predicted molar refractivity (Wildman–Crippen MR) is 111 cm³/mol. The van der Waals surface area contributed by atoms with Crippen molar-refractivity contribution in [2.45, 2.75) is 58.2 Å². The van der Waals surface area contributed by atoms with Crippen molar-refractivity contribution in [3.05, 3.63) is 67.8 Å². The molecule has 2 N–H and O–H groups in total. The molecule has 154 valence electrons. The van der Waals surface area contributed by atoms with Gasteiger partial charge in [0.1, 0.15) is 17.6 Å². The zero-order valence-electron chi connectivity index (χ0n) is 16.7. The lowest BCUT2D eigenvalue weighted by molar-refractivity contribution is -0.0261. The normalized spacial score (nSPS) is 20.6. The number of nitrogens with zero attached hydrogens (tertiary/aromatic N) is 1. The Morgan fingerprint density at radius 3 is 2.86 bits per heavy atom. The summed E-state index contributed by atoms with van der Waals surface area (Å²) in [7, 11) is 0. The topological polar surface area (TPSA) is 88.4 Å². The molecule has 2 heterocycles. The molecule has 1 fully saturated rings. The third-order valence-electron chi connectivity index (χ3n) is 5.74. The van der Waals surface area contributed by atoms with Crippen LogP contribution < -0.4 is 4.87 Å². The maximum Gasteiger partial charge on any atom is 0.307 e. The Kier molecular flexibility index (Phi) is 5.87. The van der Waals surface area contributed by atoms with Crippen LogP contribution in [0.3, 0.4) is 0 Å². The predicted octanol–water partition coefficient (Wildman–Crippen LogP) is 4.65. The second-order valence-electron chi connectivity index (χ2n) is 7.81. The first-order valence-electron chi connectivity index (χ1n) is 10.0. The van der Waals surface area contributed by atoms with Gasteiger partial charge in [-0.15, -0.1) is 0 Å². The van der Waals surface area contributed by atoms with E-state index in [9.17, 15) is 9.90 Å². The van der Waals surface area contributed by atoms with Crippen molar-refractivity contribution in [1.82, 2.24) is 9.97 Å². The lowest BCUT2D eigenvalue weighted by Crippen LogP contribution is -2.26. The Hall–Kier alpha value is -2.38. The molecule has 7 heteroatoms. The summed E-state index contributed by atoms with van der Waals surface area (Å²) in [5, 5.41) is 9.91. The van der Waals surface area contributed by atoms with Crippen molar-refractivity contribution >= 4 is 11.3 Å². The number of aromatic amines is 1. The second-order valence-corrected chi connectivity index (χ2v) is 8.88. The van der Waals surface area contributed by atoms with Crippen LogP contribution in [-0.4, -0.2) is 21.2 Å². The van der Waals surface area contributed by atoms with Gasteiger partial charge in [0.15, 0.2) is 6.39 Å². The van der Waals surface area contributed by atoms with Gasteiger partial charge in [0.2, 0.25) is 5.88 Å². The number of aryl methyl sites for hydroxylation is 2. The second kappa shape index (κ2) is 8.55. The monoisotopic (exact) mass is 414 g/mol. The van der Waals surface area contributed by atoms with Crippen molar-refractivity contribution in [3.63, 3.8) is 0 Å². The van der Waals surface area contributed by atoms with Gasteiger partial charge in [-0.3, -0.25) is 9.78 Å². The molecule has 0 amide bonds. The zero-order chi connectivity index (χ0) is 20.4. The molecule has 4 rings (SSSR count). The Morgan fingerprint density at radius 2 is 2.17 bits per heavy atom. The van der Waals surface area contributed by atoms with Crippen LogP contribution in [0, 0.1) is 19.8 Å². The fraction of sp³-hybridized carbons (Fsp3) is 0.455. The van der Waals surface area contributed by atoms with Gasteiger partial charge in [0.25, 0.3) is 0 Å². The average molecular weight is 415 g/mol. The minimum atomic E-state index is -0.268. The average Bonchev–Trinajstić information content (AvgIpc) is 3.25. The molecular formula is C22H26N2O4S. The van der Waals surface area contributed by atoms with Gasteiger partial charge in [0, 0.05) is 0 Å². The molecule has 6 nitrogen and oxygen atoms in total. The number of oxazole rings is 1. The minimum absolute atomic E-state index is 0.0130. The van der Waals surface area contributed by atoms with E-state index in [0.29, 0.717) is 12.3 Å². The van der Waals surface area contributed by atoms with Crippen molar-refractivity contribution in [2.75, 3.05) is 0 Å². The van der Waals surface area contributed by atoms with Crippen LogP contribution in [0.15, 0.2) is 39.9 Å². The number of aromatic nitrogens is 2. The molecule has 3 atom stereocenters. The van der Waals surface area contributed by atoms with Crippen LogP contribution >= 0.6 is 11.3 Å². The number of thiazole rings is 1. The summed E-state index contributed by atoms with van der Waals surface area (Å²) in [4.78, 5) is 18.9. The molecule has 0 saturated heterocycles. The molecule has 1 aliphatic carbocycles. The highest BCUT2D eigenvalue weighted by Crippen LogP contribution is 2.37. The molecule has 0 spiro atoms. The van der Waals surface area contributed by atoms with Crippen LogP contribution in [0.2, 0.25) is 0 Å². The lowest BCUT2D eigenvalue weighted by Gasteiger charge is -2.32. The summed E-state index contributed by atoms with van der Waals surface area (Å²) in [6, 6.07) is 8.22. The van der Waals surface area contributed by atoms with Crippen LogP contribution in [0.5, 0.6) is 5.88 Å². The highest BCUT2D eigenvalue weighted by atomic mass is 32.1. The van der Waals surface area contributed by atoms with Crippen molar-refractivity contribution in [2.24, 2.45) is 5.92 Å². The fourth-order valence-corrected chi connectivity index (χ4v) is 5.07. The third-order valence-corrected chi connectivity index (χ3v) is 6.63. The molecule has 0 bridgehead atoms. The number of hydrogen-bond acceptors (Lipinski definition) is 6. The fourth-order valence-electron chi connectivity index (χ4n) is 4.23. The van der Waals surface area contributed by atoms with Gasteiger partial charge in [-0.1, -0.05) is 42.0 Å². The van der Waals surface area contributed by atoms with E-state index in [-0.39, 0.29) is 23.0 Å². The molecule has 0 radical (unpaired) electrons. The van der Waals surface area contributed by atoms with Crippen molar-refractivity contribution in [3.8, 4) is 5.88 Å². The third kappa shape index (κ3) is 4.46. The molecule has 1 aliphatic rings. The van der Waals surface area contributed by atoms with Crippen molar-refractivity contribution < 1.29 is 14.3 Å². The molecule has 2 aromatic heterocycles. The van der Waals surface area contributed by atoms with E-state index in [1.807, 2.05) is 19.1 Å². The van der Waals surface area contributed by atoms with E-state index in [0.717, 1.165) is 64.5 Å². The van der Waals surface area contributed by atoms with E-state index in [1.54, 1.807) is 0 Å². The molecule has 29 heavy (non-hydrogen) atoms. The summed E-state index contributed by atoms with van der Waals surface area (Å²) in [5.74, 6) is 1.16. The van der Waals surface area contributed by atoms with Crippen LogP contribution in [0.25, 0.3) is 0 Å². The van der Waals surface area contributed by atoms with E-state index < -0.39 is 0 Å². The molecule has 3 aromatic rings. The van der Waals surface area contributed by atoms with Crippen LogP contribution in [-0.2, 0) is 11.2 Å². The first kappa shape index (κ1) is 19.9. The number of nitrogens with one attached hydrogen (secondary N) is 1. The maximum atomic E-state index is 11.5. The SMILES string of the molecule is Cc1ccccc1C(O[C@H]1CCC[C@@H](Cc2sc(=O)[nH]c2O)C1)c1ncoc1C. The van der Waals surface area contributed by atoms with Gasteiger partial charge in [-0.05, 0) is 56.6 Å². The summed E-state index contributed by atoms with van der Waals surface area (Å²) >= 11 is 1.10.